The number of rotatable bonds is 19. The van der Waals surface area contributed by atoms with Crippen LogP contribution in [-0.4, -0.2) is 70.8 Å². The second kappa shape index (κ2) is 24.4. The predicted octanol–water partition coefficient (Wildman–Crippen LogP) is 11.7. The number of nitrogens with one attached hydrogen (secondary N) is 2. The predicted molar refractivity (Wildman–Crippen MR) is 330 cm³/mol. The Morgan fingerprint density at radius 1 is 0.667 bits per heavy atom. The SMILES string of the molecule is Cn1nnnc1C(S)=CC1=C(C(=O)OC(c2ccccc2)c2ccccc2)N2C(=O)C(NC(=O)C(=NOC(c3ccccc3)(c3ccccc3)c3ccccc3)c3csc(NC(c4ccccc4)(c4ccccc4)c4ccccc4)n3)C2SC1. The summed E-state index contributed by atoms with van der Waals surface area (Å²) in [5, 5.41) is 25.1. The highest BCUT2D eigenvalue weighted by Gasteiger charge is 2.55. The van der Waals surface area contributed by atoms with E-state index in [1.807, 2.05) is 206 Å². The number of thioether (sulfide) groups is 1. The van der Waals surface area contributed by atoms with Gasteiger partial charge in [0.2, 0.25) is 5.60 Å². The molecule has 2 aliphatic heterocycles. The fraction of sp³-hybridized carbons (Fsp3) is 0.104. The van der Waals surface area contributed by atoms with Crippen LogP contribution in [0, 0.1) is 0 Å². The minimum absolute atomic E-state index is 0.00247. The molecule has 414 valence electrons. The van der Waals surface area contributed by atoms with E-state index < -0.39 is 46.4 Å². The standard InChI is InChI=1S/C67H53N9O5S3/c1-75-60(71-73-74-75)55(82)42-47-43-83-63-57(62(78)76(63)58(47)64(79)80-59(45-26-10-2-11-27-45)46-28-12-3-13-29-46)69-61(77)56(72-81-67(51-36-20-7-21-37-51,52-38-22-8-23-39-52)53-40-24-9-25-41-53)54-44-84-65(68-54)70-66(48-30-14-4-15-31-48,49-32-16-5-17-33-49)50-34-18-6-19-35-50/h2-42,44,57,59,63,82H,43H2,1H3,(H,68,70)(H,69,77). The highest BCUT2D eigenvalue weighted by atomic mass is 32.2. The van der Waals surface area contributed by atoms with Crippen LogP contribution in [-0.2, 0) is 42.1 Å². The second-order valence-corrected chi connectivity index (χ2v) is 22.3. The Bertz CT molecular complexity index is 3790. The number of esters is 1. The molecule has 84 heavy (non-hydrogen) atoms. The number of thiazole rings is 1. The number of allylic oxidation sites excluding steroid dienone is 1. The highest BCUT2D eigenvalue weighted by molar-refractivity contribution is 8.00. The van der Waals surface area contributed by atoms with Crippen LogP contribution >= 0.6 is 35.7 Å². The molecule has 0 bridgehead atoms. The number of anilines is 1. The van der Waals surface area contributed by atoms with Gasteiger partial charge in [0.25, 0.3) is 11.8 Å². The molecule has 17 heteroatoms. The molecule has 2 amide bonds. The maximum absolute atomic E-state index is 15.6. The summed E-state index contributed by atoms with van der Waals surface area (Å²) in [5.74, 6) is -1.50. The lowest BCUT2D eigenvalue weighted by atomic mass is 9.77. The van der Waals surface area contributed by atoms with E-state index in [2.05, 4.69) is 62.6 Å². The van der Waals surface area contributed by atoms with Crippen molar-refractivity contribution in [1.82, 2.24) is 35.4 Å². The van der Waals surface area contributed by atoms with E-state index in [1.165, 1.54) is 32.7 Å². The van der Waals surface area contributed by atoms with E-state index in [0.29, 0.717) is 21.4 Å². The van der Waals surface area contributed by atoms with Gasteiger partial charge in [-0.3, -0.25) is 14.5 Å². The summed E-state index contributed by atoms with van der Waals surface area (Å²) < 4.78 is 7.92. The zero-order valence-electron chi connectivity index (χ0n) is 45.1. The first-order valence-corrected chi connectivity index (χ1v) is 29.4. The van der Waals surface area contributed by atoms with Crippen molar-refractivity contribution in [2.45, 2.75) is 28.7 Å². The molecule has 0 saturated carbocycles. The summed E-state index contributed by atoms with van der Waals surface area (Å²) >= 11 is 7.43. The number of hydrogen-bond donors (Lipinski definition) is 3. The number of aryl methyl sites for hydroxylation is 1. The summed E-state index contributed by atoms with van der Waals surface area (Å²) in [6.07, 6.45) is 0.838. The average Bonchev–Trinajstić information content (AvgIpc) is 1.51. The Balaban J connectivity index is 0.947. The lowest BCUT2D eigenvalue weighted by Crippen LogP contribution is -2.71. The number of β-lactam (4-membered cyclic amide) rings is 1. The van der Waals surface area contributed by atoms with Crippen LogP contribution in [0.5, 0.6) is 0 Å². The smallest absolute Gasteiger partial charge is 0.356 e. The van der Waals surface area contributed by atoms with Crippen LogP contribution in [0.4, 0.5) is 5.13 Å². The van der Waals surface area contributed by atoms with Crippen LogP contribution in [0.1, 0.15) is 62.1 Å². The maximum Gasteiger partial charge on any atom is 0.356 e. The third kappa shape index (κ3) is 10.7. The zero-order chi connectivity index (χ0) is 57.5. The average molecular weight is 1160 g/mol. The van der Waals surface area contributed by atoms with Crippen molar-refractivity contribution >= 4 is 69.3 Å². The second-order valence-electron chi connectivity index (χ2n) is 19.8. The van der Waals surface area contributed by atoms with E-state index in [9.17, 15) is 0 Å². The summed E-state index contributed by atoms with van der Waals surface area (Å²) in [4.78, 5) is 59.7. The molecular weight excluding hydrogens is 1110 g/mol. The maximum atomic E-state index is 15.6. The highest BCUT2D eigenvalue weighted by Crippen LogP contribution is 2.45. The molecule has 14 nitrogen and oxygen atoms in total. The van der Waals surface area contributed by atoms with Gasteiger partial charge < -0.3 is 20.2 Å². The number of amides is 2. The largest absolute Gasteiger partial charge is 0.448 e. The van der Waals surface area contributed by atoms with E-state index >= 15 is 14.4 Å². The van der Waals surface area contributed by atoms with Gasteiger partial charge in [-0.05, 0) is 49.9 Å². The first kappa shape index (κ1) is 54.9. The number of thiol groups is 1. The minimum atomic E-state index is -1.40. The fourth-order valence-corrected chi connectivity index (χ4v) is 13.2. The quantitative estimate of drug-likeness (QED) is 0.0176. The van der Waals surface area contributed by atoms with Gasteiger partial charge in [0.1, 0.15) is 28.3 Å². The monoisotopic (exact) mass is 1160 g/mol. The molecule has 1 fully saturated rings. The van der Waals surface area contributed by atoms with E-state index in [0.717, 1.165) is 44.5 Å². The zero-order valence-corrected chi connectivity index (χ0v) is 47.7. The van der Waals surface area contributed by atoms with Crippen molar-refractivity contribution in [3.8, 4) is 0 Å². The molecule has 1 saturated heterocycles. The van der Waals surface area contributed by atoms with Gasteiger partial charge in [-0.2, -0.15) is 0 Å². The molecule has 0 aliphatic carbocycles. The van der Waals surface area contributed by atoms with Gasteiger partial charge in [-0.25, -0.2) is 14.5 Å². The number of aromatic nitrogens is 5. The molecule has 4 heterocycles. The van der Waals surface area contributed by atoms with Gasteiger partial charge in [-0.15, -0.1) is 40.8 Å². The fourth-order valence-electron chi connectivity index (χ4n) is 10.8. The molecule has 2 aromatic heterocycles. The summed E-state index contributed by atoms with van der Waals surface area (Å²) in [6.45, 7) is 0. The van der Waals surface area contributed by atoms with Crippen LogP contribution in [0.15, 0.2) is 271 Å². The Morgan fingerprint density at radius 2 is 1.12 bits per heavy atom. The minimum Gasteiger partial charge on any atom is -0.448 e. The van der Waals surface area contributed by atoms with Crippen molar-refractivity contribution in [3.05, 3.63) is 321 Å². The molecule has 2 N–H and O–H groups in total. The number of fused-ring (bicyclic) bond motifs is 1. The van der Waals surface area contributed by atoms with Crippen LogP contribution in [0.3, 0.4) is 0 Å². The van der Waals surface area contributed by atoms with Crippen LogP contribution in [0.2, 0.25) is 0 Å². The Hall–Kier alpha value is -9.68. The third-order valence-electron chi connectivity index (χ3n) is 14.8. The number of oxime groups is 1. The Morgan fingerprint density at radius 3 is 1.57 bits per heavy atom. The topological polar surface area (TPSA) is 166 Å². The van der Waals surface area contributed by atoms with Crippen molar-refractivity contribution in [2.24, 2.45) is 12.2 Å². The molecule has 2 atom stereocenters. The first-order chi connectivity index (χ1) is 41.2. The number of carbonyl (C=O) groups is 3. The molecule has 2 unspecified atom stereocenters. The van der Waals surface area contributed by atoms with Gasteiger partial charge in [0, 0.05) is 34.9 Å². The van der Waals surface area contributed by atoms with Crippen molar-refractivity contribution < 1.29 is 24.0 Å². The number of ether oxygens (including phenoxy) is 1. The Kier molecular flexibility index (Phi) is 16.0. The lowest BCUT2D eigenvalue weighted by Gasteiger charge is -2.49. The molecule has 0 spiro atoms. The number of tetrazole rings is 1. The number of benzene rings is 8. The van der Waals surface area contributed by atoms with Crippen LogP contribution in [0.25, 0.3) is 4.91 Å². The van der Waals surface area contributed by atoms with E-state index in [-0.39, 0.29) is 22.9 Å². The number of carbonyl (C=O) groups excluding carboxylic acids is 3. The normalized spacial score (nSPS) is 15.5. The molecular formula is C67H53N9O5S3. The van der Waals surface area contributed by atoms with E-state index in [4.69, 9.17) is 32.3 Å². The molecule has 2 aliphatic rings. The lowest BCUT2D eigenvalue weighted by molar-refractivity contribution is -0.154. The molecule has 0 radical (unpaired) electrons. The third-order valence-corrected chi connectivity index (χ3v) is 17.1. The Labute approximate surface area is 499 Å². The molecule has 8 aromatic carbocycles. The van der Waals surface area contributed by atoms with Crippen molar-refractivity contribution in [3.63, 3.8) is 0 Å². The summed E-state index contributed by atoms with van der Waals surface area (Å²) in [6, 6.07) is 77.2. The van der Waals surface area contributed by atoms with Gasteiger partial charge in [0.05, 0.1) is 4.91 Å². The molecule has 12 rings (SSSR count). The number of hydrogen-bond acceptors (Lipinski definition) is 14. The number of nitrogens with zero attached hydrogens (tertiary/aromatic N) is 7. The van der Waals surface area contributed by atoms with Gasteiger partial charge >= 0.3 is 5.97 Å². The van der Waals surface area contributed by atoms with Crippen molar-refractivity contribution in [2.75, 3.05) is 11.1 Å². The van der Waals surface area contributed by atoms with Crippen molar-refractivity contribution in [1.29, 1.82) is 0 Å². The summed E-state index contributed by atoms with van der Waals surface area (Å²) in [7, 11) is 1.68. The summed E-state index contributed by atoms with van der Waals surface area (Å²) in [5.41, 5.74) is 4.60. The van der Waals surface area contributed by atoms with Crippen LogP contribution < -0.4 is 10.6 Å². The van der Waals surface area contributed by atoms with E-state index in [1.54, 1.807) is 18.5 Å². The first-order valence-electron chi connectivity index (χ1n) is 27.0. The molecule has 10 aromatic rings. The van der Waals surface area contributed by atoms with Gasteiger partial charge in [-0.1, -0.05) is 248 Å². The van der Waals surface area contributed by atoms with Gasteiger partial charge in [0.15, 0.2) is 22.8 Å².